The highest BCUT2D eigenvalue weighted by Gasteiger charge is 2.33. The molecular weight excluding hydrogens is 398 g/mol. The monoisotopic (exact) mass is 413 g/mol. The maximum atomic E-state index is 12.5. The number of anilines is 1. The van der Waals surface area contributed by atoms with Crippen LogP contribution < -0.4 is 4.90 Å². The van der Waals surface area contributed by atoms with Crippen molar-refractivity contribution in [1.29, 1.82) is 0 Å². The molecule has 0 saturated carbocycles. The summed E-state index contributed by atoms with van der Waals surface area (Å²) in [5.41, 5.74) is 3.26. The summed E-state index contributed by atoms with van der Waals surface area (Å²) in [5, 5.41) is 0.0279. The fraction of sp³-hybridized carbons (Fsp3) is 0.158. The fourth-order valence-corrected chi connectivity index (χ4v) is 4.37. The van der Waals surface area contributed by atoms with Gasteiger partial charge >= 0.3 is 0 Å². The molecule has 0 bridgehead atoms. The second-order valence-corrected chi connectivity index (χ2v) is 7.86. The molecule has 4 nitrogen and oxygen atoms in total. The van der Waals surface area contributed by atoms with Crippen molar-refractivity contribution in [2.24, 2.45) is 0 Å². The molecule has 4 rings (SSSR count). The van der Waals surface area contributed by atoms with Gasteiger partial charge in [0.1, 0.15) is 5.37 Å². The predicted molar refractivity (Wildman–Crippen MR) is 105 cm³/mol. The van der Waals surface area contributed by atoms with Gasteiger partial charge < -0.3 is 4.57 Å². The summed E-state index contributed by atoms with van der Waals surface area (Å²) in [4.78, 5) is 18.4. The van der Waals surface area contributed by atoms with Crippen molar-refractivity contribution < 1.29 is 4.79 Å². The van der Waals surface area contributed by atoms with Gasteiger partial charge in [0, 0.05) is 29.1 Å². The molecule has 1 aliphatic rings. The summed E-state index contributed by atoms with van der Waals surface area (Å²) in [6, 6.07) is 16.4. The van der Waals surface area contributed by atoms with Crippen molar-refractivity contribution in [3.8, 4) is 0 Å². The number of imidazole rings is 1. The summed E-state index contributed by atoms with van der Waals surface area (Å²) in [5.74, 6) is 0.664. The van der Waals surface area contributed by atoms with Crippen molar-refractivity contribution in [3.63, 3.8) is 0 Å². The van der Waals surface area contributed by atoms with E-state index < -0.39 is 0 Å². The van der Waals surface area contributed by atoms with E-state index in [1.807, 2.05) is 39.9 Å². The number of amides is 1. The Labute approximate surface area is 159 Å². The molecule has 0 aliphatic carbocycles. The third kappa shape index (κ3) is 3.50. The molecule has 126 valence electrons. The van der Waals surface area contributed by atoms with Crippen molar-refractivity contribution in [3.05, 3.63) is 82.9 Å². The molecule has 0 radical (unpaired) electrons. The van der Waals surface area contributed by atoms with Crippen LogP contribution in [0.1, 0.15) is 16.5 Å². The molecule has 3 aromatic rings. The average molecular weight is 414 g/mol. The molecule has 0 spiro atoms. The van der Waals surface area contributed by atoms with Gasteiger partial charge in [0.15, 0.2) is 0 Å². The number of hydrogen-bond acceptors (Lipinski definition) is 3. The summed E-state index contributed by atoms with van der Waals surface area (Å²) < 4.78 is 3.07. The number of nitrogens with zero attached hydrogens (tertiary/aromatic N) is 3. The quantitative estimate of drug-likeness (QED) is 0.632. The molecule has 2 aromatic carbocycles. The Bertz CT molecular complexity index is 863. The molecule has 6 heteroatoms. The number of benzene rings is 2. The summed E-state index contributed by atoms with van der Waals surface area (Å²) in [6.45, 7) is 0.777. The van der Waals surface area contributed by atoms with E-state index in [1.165, 1.54) is 5.56 Å². The van der Waals surface area contributed by atoms with Crippen LogP contribution in [0.25, 0.3) is 0 Å². The van der Waals surface area contributed by atoms with Crippen LogP contribution in [0.3, 0.4) is 0 Å². The predicted octanol–water partition coefficient (Wildman–Crippen LogP) is 4.47. The SMILES string of the molecule is O=C1CSC(c2ccc(Br)cc2)N1c1ccc(Cn2ccnc2)cc1. The maximum Gasteiger partial charge on any atom is 0.238 e. The maximum absolute atomic E-state index is 12.5. The van der Waals surface area contributed by atoms with Crippen LogP contribution in [0, 0.1) is 0 Å². The Morgan fingerprint density at radius 1 is 1.12 bits per heavy atom. The lowest BCUT2D eigenvalue weighted by Crippen LogP contribution is -2.27. The Morgan fingerprint density at radius 3 is 2.56 bits per heavy atom. The largest absolute Gasteiger partial charge is 0.333 e. The summed E-state index contributed by atoms with van der Waals surface area (Å²) in [6.07, 6.45) is 5.52. The third-order valence-corrected chi connectivity index (χ3v) is 5.90. The van der Waals surface area contributed by atoms with Gasteiger partial charge in [0.05, 0.1) is 12.1 Å². The lowest BCUT2D eigenvalue weighted by atomic mass is 10.1. The van der Waals surface area contributed by atoms with Crippen LogP contribution in [0.5, 0.6) is 0 Å². The lowest BCUT2D eigenvalue weighted by molar-refractivity contribution is -0.115. The Hall–Kier alpha value is -2.05. The van der Waals surface area contributed by atoms with Gasteiger partial charge in [0.25, 0.3) is 0 Å². The Morgan fingerprint density at radius 2 is 1.88 bits per heavy atom. The van der Waals surface area contributed by atoms with Crippen molar-refractivity contribution in [1.82, 2.24) is 9.55 Å². The highest BCUT2D eigenvalue weighted by Crippen LogP contribution is 2.41. The first-order valence-corrected chi connectivity index (χ1v) is 9.79. The highest BCUT2D eigenvalue weighted by atomic mass is 79.9. The van der Waals surface area contributed by atoms with Gasteiger partial charge in [-0.05, 0) is 35.4 Å². The average Bonchev–Trinajstić information content (AvgIpc) is 3.26. The number of carbonyl (C=O) groups is 1. The minimum atomic E-state index is 0.0279. The molecule has 1 saturated heterocycles. The molecule has 2 heterocycles. The van der Waals surface area contributed by atoms with Gasteiger partial charge in [-0.1, -0.05) is 40.2 Å². The van der Waals surface area contributed by atoms with E-state index in [1.54, 1.807) is 24.3 Å². The molecule has 1 fully saturated rings. The number of aromatic nitrogens is 2. The van der Waals surface area contributed by atoms with E-state index in [2.05, 4.69) is 45.2 Å². The summed E-state index contributed by atoms with van der Waals surface area (Å²) in [7, 11) is 0. The first-order chi connectivity index (χ1) is 12.2. The second kappa shape index (κ2) is 7.06. The molecular formula is C19H16BrN3OS. The topological polar surface area (TPSA) is 38.1 Å². The minimum absolute atomic E-state index is 0.0279. The number of halogens is 1. The Balaban J connectivity index is 1.58. The van der Waals surface area contributed by atoms with Crippen LogP contribution in [0.2, 0.25) is 0 Å². The first-order valence-electron chi connectivity index (χ1n) is 7.94. The van der Waals surface area contributed by atoms with E-state index in [0.29, 0.717) is 5.75 Å². The molecule has 1 aromatic heterocycles. The number of rotatable bonds is 4. The van der Waals surface area contributed by atoms with Crippen LogP contribution in [0.15, 0.2) is 71.7 Å². The van der Waals surface area contributed by atoms with Crippen LogP contribution >= 0.6 is 27.7 Å². The van der Waals surface area contributed by atoms with E-state index >= 15 is 0 Å². The third-order valence-electron chi connectivity index (χ3n) is 4.16. The van der Waals surface area contributed by atoms with Gasteiger partial charge in [-0.25, -0.2) is 4.98 Å². The second-order valence-electron chi connectivity index (χ2n) is 5.88. The zero-order valence-electron chi connectivity index (χ0n) is 13.4. The fourth-order valence-electron chi connectivity index (χ4n) is 2.93. The van der Waals surface area contributed by atoms with Gasteiger partial charge in [-0.2, -0.15) is 0 Å². The van der Waals surface area contributed by atoms with E-state index in [-0.39, 0.29) is 11.3 Å². The van der Waals surface area contributed by atoms with Crippen LogP contribution in [-0.2, 0) is 11.3 Å². The highest BCUT2D eigenvalue weighted by molar-refractivity contribution is 9.10. The van der Waals surface area contributed by atoms with Gasteiger partial charge in [-0.3, -0.25) is 9.69 Å². The number of hydrogen-bond donors (Lipinski definition) is 0. The lowest BCUT2D eigenvalue weighted by Gasteiger charge is -2.24. The molecule has 25 heavy (non-hydrogen) atoms. The standard InChI is InChI=1S/C19H16BrN3OS/c20-16-5-3-15(4-6-16)19-23(18(24)12-25-19)17-7-1-14(2-8-17)11-22-10-9-21-13-22/h1-10,13,19H,11-12H2. The van der Waals surface area contributed by atoms with Gasteiger partial charge in [-0.15, -0.1) is 11.8 Å². The number of carbonyl (C=O) groups excluding carboxylic acids is 1. The molecule has 1 atom stereocenters. The first kappa shape index (κ1) is 16.4. The molecule has 0 N–H and O–H groups in total. The van der Waals surface area contributed by atoms with E-state index in [9.17, 15) is 4.79 Å². The molecule has 1 aliphatic heterocycles. The Kier molecular flexibility index (Phi) is 4.63. The zero-order valence-corrected chi connectivity index (χ0v) is 15.8. The van der Waals surface area contributed by atoms with Crippen molar-refractivity contribution in [2.45, 2.75) is 11.9 Å². The number of thioether (sulfide) groups is 1. The van der Waals surface area contributed by atoms with E-state index in [4.69, 9.17) is 0 Å². The normalized spacial score (nSPS) is 17.2. The minimum Gasteiger partial charge on any atom is -0.333 e. The van der Waals surface area contributed by atoms with Crippen LogP contribution in [0.4, 0.5) is 5.69 Å². The zero-order chi connectivity index (χ0) is 17.2. The van der Waals surface area contributed by atoms with Gasteiger partial charge in [0.2, 0.25) is 5.91 Å². The smallest absolute Gasteiger partial charge is 0.238 e. The van der Waals surface area contributed by atoms with Crippen molar-refractivity contribution in [2.75, 3.05) is 10.7 Å². The summed E-state index contributed by atoms with van der Waals surface area (Å²) >= 11 is 5.13. The molecule has 1 amide bonds. The van der Waals surface area contributed by atoms with Crippen molar-refractivity contribution >= 4 is 39.3 Å². The van der Waals surface area contributed by atoms with Crippen LogP contribution in [-0.4, -0.2) is 21.2 Å². The van der Waals surface area contributed by atoms with E-state index in [0.717, 1.165) is 22.3 Å². The molecule has 1 unspecified atom stereocenters.